The van der Waals surface area contributed by atoms with Gasteiger partial charge in [0.2, 0.25) is 5.91 Å². The van der Waals surface area contributed by atoms with E-state index >= 15 is 0 Å². The van der Waals surface area contributed by atoms with E-state index in [-0.39, 0.29) is 17.6 Å². The molecule has 0 unspecified atom stereocenters. The van der Waals surface area contributed by atoms with Crippen LogP contribution in [0.5, 0.6) is 5.75 Å². The highest BCUT2D eigenvalue weighted by Gasteiger charge is 2.29. The zero-order valence-electron chi connectivity index (χ0n) is 13.2. The first-order chi connectivity index (χ1) is 12.0. The third-order valence-electron chi connectivity index (χ3n) is 3.64. The van der Waals surface area contributed by atoms with Gasteiger partial charge >= 0.3 is 0 Å². The van der Waals surface area contributed by atoms with E-state index in [9.17, 15) is 18.4 Å². The molecule has 3 rings (SSSR count). The minimum absolute atomic E-state index is 0.00603. The third-order valence-corrected chi connectivity index (χ3v) is 3.64. The molecule has 1 saturated carbocycles. The summed E-state index contributed by atoms with van der Waals surface area (Å²) in [6.07, 6.45) is 1.85. The number of benzene rings is 2. The highest BCUT2D eigenvalue weighted by Crippen LogP contribution is 2.30. The van der Waals surface area contributed by atoms with E-state index in [1.165, 1.54) is 0 Å². The Balaban J connectivity index is 1.49. The van der Waals surface area contributed by atoms with Crippen molar-refractivity contribution in [3.63, 3.8) is 0 Å². The Morgan fingerprint density at radius 3 is 2.24 bits per heavy atom. The molecular weight excluding hydrogens is 330 g/mol. The summed E-state index contributed by atoms with van der Waals surface area (Å²) in [5.41, 5.74) is 1.16. The van der Waals surface area contributed by atoms with Crippen LogP contribution >= 0.6 is 0 Å². The van der Waals surface area contributed by atoms with Gasteiger partial charge in [0.25, 0.3) is 5.91 Å². The number of carbonyl (C=O) groups excluding carboxylic acids is 2. The van der Waals surface area contributed by atoms with Crippen LogP contribution in [0.3, 0.4) is 0 Å². The number of amides is 2. The molecule has 2 aromatic rings. The van der Waals surface area contributed by atoms with Gasteiger partial charge in [-0.3, -0.25) is 9.59 Å². The number of nitrogens with one attached hydrogen (secondary N) is 2. The van der Waals surface area contributed by atoms with Crippen molar-refractivity contribution in [1.29, 1.82) is 0 Å². The summed E-state index contributed by atoms with van der Waals surface area (Å²) in [6, 6.07) is 9.48. The molecule has 0 aromatic heterocycles. The van der Waals surface area contributed by atoms with Crippen LogP contribution in [0.15, 0.2) is 42.5 Å². The average molecular weight is 346 g/mol. The number of rotatable bonds is 6. The quantitative estimate of drug-likeness (QED) is 0.843. The van der Waals surface area contributed by atoms with Crippen LogP contribution in [-0.4, -0.2) is 18.4 Å². The Kier molecular flexibility index (Phi) is 4.92. The first-order valence-electron chi connectivity index (χ1n) is 7.80. The van der Waals surface area contributed by atoms with Crippen LogP contribution in [0.1, 0.15) is 12.8 Å². The summed E-state index contributed by atoms with van der Waals surface area (Å²) in [5.74, 6) is -2.16. The van der Waals surface area contributed by atoms with E-state index in [2.05, 4.69) is 10.6 Å². The molecule has 0 spiro atoms. The molecule has 1 fully saturated rings. The van der Waals surface area contributed by atoms with Crippen LogP contribution < -0.4 is 15.4 Å². The lowest BCUT2D eigenvalue weighted by atomic mass is 10.2. The lowest BCUT2D eigenvalue weighted by Crippen LogP contribution is -2.20. The summed E-state index contributed by atoms with van der Waals surface area (Å²) in [7, 11) is 0. The van der Waals surface area contributed by atoms with Crippen molar-refractivity contribution in [2.75, 3.05) is 17.2 Å². The van der Waals surface area contributed by atoms with Gasteiger partial charge in [0.05, 0.1) is 0 Å². The second-order valence-electron chi connectivity index (χ2n) is 5.75. The van der Waals surface area contributed by atoms with Gasteiger partial charge in [-0.1, -0.05) is 0 Å². The van der Waals surface area contributed by atoms with Gasteiger partial charge in [-0.25, -0.2) is 8.78 Å². The van der Waals surface area contributed by atoms with Crippen molar-refractivity contribution < 1.29 is 23.1 Å². The second-order valence-corrected chi connectivity index (χ2v) is 5.75. The van der Waals surface area contributed by atoms with Crippen LogP contribution in [0.4, 0.5) is 20.2 Å². The Bertz CT molecular complexity index is 789. The number of ether oxygens (including phenoxy) is 1. The average Bonchev–Trinajstić information content (AvgIpc) is 3.41. The van der Waals surface area contributed by atoms with E-state index in [0.717, 1.165) is 25.0 Å². The zero-order valence-corrected chi connectivity index (χ0v) is 13.2. The zero-order chi connectivity index (χ0) is 17.8. The molecule has 2 aromatic carbocycles. The number of halogens is 2. The fraction of sp³-hybridized carbons (Fsp3) is 0.222. The van der Waals surface area contributed by atoms with Crippen LogP contribution in [0.25, 0.3) is 0 Å². The predicted molar refractivity (Wildman–Crippen MR) is 88.3 cm³/mol. The second kappa shape index (κ2) is 7.29. The molecule has 0 aliphatic heterocycles. The van der Waals surface area contributed by atoms with Crippen LogP contribution in [-0.2, 0) is 9.59 Å². The van der Waals surface area contributed by atoms with Crippen LogP contribution in [0.2, 0.25) is 0 Å². The monoisotopic (exact) mass is 346 g/mol. The Morgan fingerprint density at radius 2 is 1.64 bits per heavy atom. The van der Waals surface area contributed by atoms with Crippen molar-refractivity contribution >= 4 is 23.2 Å². The Hall–Kier alpha value is -2.96. The molecule has 0 saturated heterocycles. The van der Waals surface area contributed by atoms with Gasteiger partial charge in [0, 0.05) is 23.4 Å². The van der Waals surface area contributed by atoms with E-state index < -0.39 is 24.1 Å². The number of hydrogen-bond donors (Lipinski definition) is 2. The van der Waals surface area contributed by atoms with Crippen molar-refractivity contribution in [2.45, 2.75) is 12.8 Å². The minimum Gasteiger partial charge on any atom is -0.481 e. The molecule has 0 heterocycles. The maximum absolute atomic E-state index is 13.4. The van der Waals surface area contributed by atoms with Crippen molar-refractivity contribution in [3.8, 4) is 5.75 Å². The smallest absolute Gasteiger partial charge is 0.262 e. The molecule has 7 heteroatoms. The van der Waals surface area contributed by atoms with Gasteiger partial charge in [-0.05, 0) is 49.2 Å². The summed E-state index contributed by atoms with van der Waals surface area (Å²) in [6.45, 7) is -0.414. The standard InChI is InChI=1S/C18H16F2N2O3/c19-12-3-8-16(15(20)9-12)25-10-17(23)21-13-4-6-14(7-5-13)22-18(24)11-1-2-11/h3-9,11H,1-2,10H2,(H,21,23)(H,22,24). The van der Waals surface area contributed by atoms with E-state index in [0.29, 0.717) is 17.4 Å². The van der Waals surface area contributed by atoms with Gasteiger partial charge in [0.15, 0.2) is 18.2 Å². The van der Waals surface area contributed by atoms with Gasteiger partial charge in [-0.2, -0.15) is 0 Å². The van der Waals surface area contributed by atoms with E-state index in [1.807, 2.05) is 0 Å². The number of carbonyl (C=O) groups is 2. The maximum Gasteiger partial charge on any atom is 0.262 e. The molecule has 25 heavy (non-hydrogen) atoms. The molecular formula is C18H16F2N2O3. The van der Waals surface area contributed by atoms with Crippen molar-refractivity contribution in [2.24, 2.45) is 5.92 Å². The SMILES string of the molecule is O=C(COc1ccc(F)cc1F)Nc1ccc(NC(=O)C2CC2)cc1. The van der Waals surface area contributed by atoms with E-state index in [1.54, 1.807) is 24.3 Å². The molecule has 1 aliphatic rings. The topological polar surface area (TPSA) is 67.4 Å². The van der Waals surface area contributed by atoms with Crippen LogP contribution in [0, 0.1) is 17.6 Å². The molecule has 2 amide bonds. The predicted octanol–water partition coefficient (Wildman–Crippen LogP) is 3.33. The first kappa shape index (κ1) is 16.9. The van der Waals surface area contributed by atoms with Gasteiger partial charge in [0.1, 0.15) is 5.82 Å². The summed E-state index contributed by atoms with van der Waals surface area (Å²) in [4.78, 5) is 23.5. The third kappa shape index (κ3) is 4.76. The normalized spacial score (nSPS) is 13.2. The highest BCUT2D eigenvalue weighted by atomic mass is 19.1. The van der Waals surface area contributed by atoms with Crippen molar-refractivity contribution in [3.05, 3.63) is 54.1 Å². The summed E-state index contributed by atoms with van der Waals surface area (Å²) >= 11 is 0. The summed E-state index contributed by atoms with van der Waals surface area (Å²) in [5, 5.41) is 5.38. The lowest BCUT2D eigenvalue weighted by Gasteiger charge is -2.09. The fourth-order valence-corrected chi connectivity index (χ4v) is 2.16. The van der Waals surface area contributed by atoms with E-state index in [4.69, 9.17) is 4.74 Å². The molecule has 0 atom stereocenters. The summed E-state index contributed by atoms with van der Waals surface area (Å²) < 4.78 is 31.2. The number of anilines is 2. The first-order valence-corrected chi connectivity index (χ1v) is 7.80. The van der Waals surface area contributed by atoms with Crippen molar-refractivity contribution in [1.82, 2.24) is 0 Å². The maximum atomic E-state index is 13.4. The molecule has 2 N–H and O–H groups in total. The molecule has 5 nitrogen and oxygen atoms in total. The minimum atomic E-state index is -0.872. The van der Waals surface area contributed by atoms with Gasteiger partial charge in [-0.15, -0.1) is 0 Å². The highest BCUT2D eigenvalue weighted by molar-refractivity contribution is 5.95. The largest absolute Gasteiger partial charge is 0.481 e. The Labute approximate surface area is 143 Å². The Morgan fingerprint density at radius 1 is 1.00 bits per heavy atom. The van der Waals surface area contributed by atoms with Gasteiger partial charge < -0.3 is 15.4 Å². The molecule has 1 aliphatic carbocycles. The number of hydrogen-bond acceptors (Lipinski definition) is 3. The lowest BCUT2D eigenvalue weighted by molar-refractivity contribution is -0.118. The fourth-order valence-electron chi connectivity index (χ4n) is 2.16. The molecule has 0 radical (unpaired) electrons. The molecule has 0 bridgehead atoms. The molecule has 130 valence electrons.